The van der Waals surface area contributed by atoms with Crippen LogP contribution in [0, 0.1) is 5.82 Å². The summed E-state index contributed by atoms with van der Waals surface area (Å²) in [6.07, 6.45) is 0.0295. The second kappa shape index (κ2) is 9.08. The fraction of sp³-hybridized carbons (Fsp3) is 0.316. The average molecular weight is 427 g/mol. The van der Waals surface area contributed by atoms with Gasteiger partial charge in [-0.15, -0.1) is 0 Å². The number of carbonyl (C=O) groups is 1. The molecule has 2 aromatic heterocycles. The van der Waals surface area contributed by atoms with Gasteiger partial charge in [0.25, 0.3) is 5.89 Å². The van der Waals surface area contributed by atoms with Crippen LogP contribution in [0.3, 0.4) is 0 Å². The highest BCUT2D eigenvalue weighted by molar-refractivity contribution is 5.73. The van der Waals surface area contributed by atoms with Gasteiger partial charge < -0.3 is 19.4 Å². The van der Waals surface area contributed by atoms with Gasteiger partial charge in [0.2, 0.25) is 0 Å². The van der Waals surface area contributed by atoms with E-state index in [-0.39, 0.29) is 5.82 Å². The van der Waals surface area contributed by atoms with Crippen LogP contribution >= 0.6 is 0 Å². The van der Waals surface area contributed by atoms with Crippen LogP contribution < -0.4 is 5.32 Å². The van der Waals surface area contributed by atoms with Crippen LogP contribution in [-0.2, 0) is 17.8 Å². The van der Waals surface area contributed by atoms with E-state index in [4.69, 9.17) is 18.8 Å². The maximum absolute atomic E-state index is 13.2. The van der Waals surface area contributed by atoms with Gasteiger partial charge in [0.05, 0.1) is 18.4 Å². The molecule has 11 heteroatoms. The van der Waals surface area contributed by atoms with Crippen molar-refractivity contribution in [2.24, 2.45) is 0 Å². The van der Waals surface area contributed by atoms with Crippen molar-refractivity contribution in [2.75, 3.05) is 6.54 Å². The number of aromatic nitrogens is 2. The number of rotatable bonds is 5. The molecule has 0 amide bonds. The molecule has 1 unspecified atom stereocenters. The summed E-state index contributed by atoms with van der Waals surface area (Å²) in [6, 6.07) is 6.86. The van der Waals surface area contributed by atoms with E-state index in [2.05, 4.69) is 15.5 Å². The zero-order valence-electron chi connectivity index (χ0n) is 15.4. The fourth-order valence-electron chi connectivity index (χ4n) is 3.07. The van der Waals surface area contributed by atoms with E-state index in [1.54, 1.807) is 24.7 Å². The Bertz CT molecular complexity index is 986. The highest BCUT2D eigenvalue weighted by atomic mass is 19.4. The number of hydrogen-bond acceptors (Lipinski definition) is 6. The Morgan fingerprint density at radius 1 is 1.30 bits per heavy atom. The first-order valence-electron chi connectivity index (χ1n) is 8.88. The van der Waals surface area contributed by atoms with Crippen LogP contribution in [-0.4, -0.2) is 33.9 Å². The predicted molar refractivity (Wildman–Crippen MR) is 94.9 cm³/mol. The Labute approximate surface area is 167 Å². The van der Waals surface area contributed by atoms with Gasteiger partial charge in [-0.05, 0) is 48.1 Å². The van der Waals surface area contributed by atoms with Crippen molar-refractivity contribution in [3.63, 3.8) is 0 Å². The topological polar surface area (TPSA) is 101 Å². The van der Waals surface area contributed by atoms with Crippen molar-refractivity contribution in [1.29, 1.82) is 0 Å². The summed E-state index contributed by atoms with van der Waals surface area (Å²) in [5.41, 5.74) is 3.14. The Hall–Kier alpha value is -3.21. The highest BCUT2D eigenvalue weighted by Crippen LogP contribution is 2.32. The van der Waals surface area contributed by atoms with Crippen LogP contribution in [0.15, 0.2) is 45.7 Å². The second-order valence-electron chi connectivity index (χ2n) is 6.54. The normalized spacial score (nSPS) is 15.4. The number of aryl methyl sites for hydroxylation is 1. The van der Waals surface area contributed by atoms with Gasteiger partial charge in [-0.3, -0.25) is 0 Å². The Morgan fingerprint density at radius 3 is 2.73 bits per heavy atom. The number of carboxylic acids is 1. The second-order valence-corrected chi connectivity index (χ2v) is 6.54. The first-order chi connectivity index (χ1) is 14.2. The number of carboxylic acid groups (broad SMARTS) is 1. The summed E-state index contributed by atoms with van der Waals surface area (Å²) in [5.74, 6) is -1.44. The summed E-state index contributed by atoms with van der Waals surface area (Å²) in [6.45, 7) is 1.35. The number of furan rings is 1. The molecule has 0 radical (unpaired) electrons. The third-order valence-electron chi connectivity index (χ3n) is 4.46. The van der Waals surface area contributed by atoms with Crippen molar-refractivity contribution >= 4 is 5.97 Å². The lowest BCUT2D eigenvalue weighted by atomic mass is 10.0. The van der Waals surface area contributed by atoms with Gasteiger partial charge in [-0.25, -0.2) is 9.18 Å². The molecule has 2 heterocycles. The molecule has 0 bridgehead atoms. The molecule has 1 aromatic carbocycles. The average Bonchev–Trinajstić information content (AvgIpc) is 3.42. The van der Waals surface area contributed by atoms with Gasteiger partial charge in [0.1, 0.15) is 12.1 Å². The minimum Gasteiger partial charge on any atom is -0.475 e. The number of fused-ring (bicyclic) bond motifs is 1. The number of aliphatic carboxylic acids is 1. The van der Waals surface area contributed by atoms with E-state index in [9.17, 15) is 17.6 Å². The molecule has 0 spiro atoms. The minimum atomic E-state index is -5.08. The predicted octanol–water partition coefficient (Wildman–Crippen LogP) is 3.92. The molecule has 0 aliphatic heterocycles. The van der Waals surface area contributed by atoms with Crippen LogP contribution in [0.25, 0.3) is 11.5 Å². The van der Waals surface area contributed by atoms with Gasteiger partial charge in [-0.2, -0.15) is 18.2 Å². The van der Waals surface area contributed by atoms with E-state index >= 15 is 0 Å². The third-order valence-corrected chi connectivity index (χ3v) is 4.46. The Kier molecular flexibility index (Phi) is 6.50. The fourth-order valence-corrected chi connectivity index (χ4v) is 3.07. The van der Waals surface area contributed by atoms with E-state index in [1.807, 2.05) is 6.07 Å². The van der Waals surface area contributed by atoms with Gasteiger partial charge in [0, 0.05) is 6.54 Å². The Balaban J connectivity index is 0.000000318. The number of alkyl halides is 3. The molecule has 0 saturated heterocycles. The maximum atomic E-state index is 13.2. The summed E-state index contributed by atoms with van der Waals surface area (Å²) in [4.78, 5) is 13.2. The van der Waals surface area contributed by atoms with Crippen molar-refractivity contribution in [2.45, 2.75) is 31.5 Å². The maximum Gasteiger partial charge on any atom is 0.490 e. The van der Waals surface area contributed by atoms with Gasteiger partial charge in [-0.1, -0.05) is 11.2 Å². The SMILES string of the molecule is Fc1ccc2c(c1)CCC2CNCc1noc(-c2ccoc2)n1.O=C(O)C(F)(F)F. The molecule has 30 heavy (non-hydrogen) atoms. The zero-order chi connectivity index (χ0) is 21.7. The Morgan fingerprint density at radius 2 is 2.07 bits per heavy atom. The van der Waals surface area contributed by atoms with Gasteiger partial charge in [0.15, 0.2) is 5.82 Å². The third kappa shape index (κ3) is 5.44. The summed E-state index contributed by atoms with van der Waals surface area (Å²) < 4.78 is 55.2. The lowest BCUT2D eigenvalue weighted by molar-refractivity contribution is -0.192. The summed E-state index contributed by atoms with van der Waals surface area (Å²) >= 11 is 0. The van der Waals surface area contributed by atoms with Crippen LogP contribution in [0.2, 0.25) is 0 Å². The molecule has 160 valence electrons. The smallest absolute Gasteiger partial charge is 0.475 e. The van der Waals surface area contributed by atoms with Crippen molar-refractivity contribution in [1.82, 2.24) is 15.5 Å². The molecule has 0 saturated carbocycles. The van der Waals surface area contributed by atoms with Crippen LogP contribution in [0.4, 0.5) is 17.6 Å². The van der Waals surface area contributed by atoms with Gasteiger partial charge >= 0.3 is 12.1 Å². The van der Waals surface area contributed by atoms with E-state index < -0.39 is 12.1 Å². The zero-order valence-corrected chi connectivity index (χ0v) is 15.4. The van der Waals surface area contributed by atoms with Crippen molar-refractivity contribution in [3.05, 3.63) is 59.6 Å². The molecule has 1 aliphatic carbocycles. The molecule has 3 aromatic rings. The lowest BCUT2D eigenvalue weighted by Crippen LogP contribution is -2.21. The monoisotopic (exact) mass is 427 g/mol. The molecule has 4 rings (SSSR count). The number of benzene rings is 1. The highest BCUT2D eigenvalue weighted by Gasteiger charge is 2.38. The lowest BCUT2D eigenvalue weighted by Gasteiger charge is -2.11. The number of halogens is 4. The van der Waals surface area contributed by atoms with E-state index in [0.29, 0.717) is 24.2 Å². The van der Waals surface area contributed by atoms with E-state index in [1.165, 1.54) is 11.6 Å². The first-order valence-corrected chi connectivity index (χ1v) is 8.88. The summed E-state index contributed by atoms with van der Waals surface area (Å²) in [7, 11) is 0. The van der Waals surface area contributed by atoms with Crippen LogP contribution in [0.1, 0.15) is 29.3 Å². The number of nitrogens with one attached hydrogen (secondary N) is 1. The first kappa shape index (κ1) is 21.5. The molecule has 1 aliphatic rings. The van der Waals surface area contributed by atoms with E-state index in [0.717, 1.165) is 30.5 Å². The quantitative estimate of drug-likeness (QED) is 0.595. The molecule has 0 fully saturated rings. The molecule has 1 atom stereocenters. The molecular formula is C19H17F4N3O4. The summed E-state index contributed by atoms with van der Waals surface area (Å²) in [5, 5.41) is 14.4. The standard InChI is InChI=1S/C17H16FN3O2.C2HF3O2/c18-14-3-4-15-11(7-14)1-2-12(15)8-19-9-16-20-17(23-21-16)13-5-6-22-10-13;3-2(4,5)1(6)7/h3-7,10,12,19H,1-2,8-9H2;(H,6,7). The molecule has 7 nitrogen and oxygen atoms in total. The minimum absolute atomic E-state index is 0.157. The van der Waals surface area contributed by atoms with Crippen molar-refractivity contribution in [3.8, 4) is 11.5 Å². The largest absolute Gasteiger partial charge is 0.490 e. The van der Waals surface area contributed by atoms with Crippen molar-refractivity contribution < 1.29 is 36.4 Å². The molecular weight excluding hydrogens is 410 g/mol. The molecule has 2 N–H and O–H groups in total. The number of hydrogen-bond donors (Lipinski definition) is 2. The van der Waals surface area contributed by atoms with Crippen LogP contribution in [0.5, 0.6) is 0 Å². The number of nitrogens with zero attached hydrogens (tertiary/aromatic N) is 2.